The van der Waals surface area contributed by atoms with Gasteiger partial charge in [0.25, 0.3) is 0 Å². The zero-order valence-corrected chi connectivity index (χ0v) is 12.5. The standard InChI is InChI=1S/C14H29NS/c1-13(2,3)16-11-10-15-12-6-8-14(4,5)9-7-12/h12,15H,6-11H2,1-5H3. The summed E-state index contributed by atoms with van der Waals surface area (Å²) < 4.78 is 0.413. The number of thioether (sulfide) groups is 1. The third-order valence-electron chi connectivity index (χ3n) is 3.41. The second-order valence-electron chi connectivity index (χ2n) is 6.85. The van der Waals surface area contributed by atoms with Gasteiger partial charge in [-0.3, -0.25) is 0 Å². The Balaban J connectivity index is 2.07. The molecule has 0 spiro atoms. The zero-order chi connectivity index (χ0) is 12.2. The van der Waals surface area contributed by atoms with Crippen LogP contribution in [0.4, 0.5) is 0 Å². The van der Waals surface area contributed by atoms with E-state index in [0.717, 1.165) is 6.04 Å². The van der Waals surface area contributed by atoms with Crippen molar-refractivity contribution >= 4 is 11.8 Å². The average molecular weight is 243 g/mol. The van der Waals surface area contributed by atoms with Crippen molar-refractivity contribution in [2.45, 2.75) is 71.1 Å². The second-order valence-corrected chi connectivity index (χ2v) is 8.78. The van der Waals surface area contributed by atoms with Crippen molar-refractivity contribution in [2.75, 3.05) is 12.3 Å². The van der Waals surface area contributed by atoms with Gasteiger partial charge in [0.15, 0.2) is 0 Å². The molecule has 1 rings (SSSR count). The Kier molecular flexibility index (Phi) is 5.18. The van der Waals surface area contributed by atoms with Crippen LogP contribution in [0.3, 0.4) is 0 Å². The molecule has 1 nitrogen and oxygen atoms in total. The Hall–Kier alpha value is 0.310. The summed E-state index contributed by atoms with van der Waals surface area (Å²) in [7, 11) is 0. The van der Waals surface area contributed by atoms with Crippen LogP contribution in [0.25, 0.3) is 0 Å². The Morgan fingerprint density at radius 2 is 1.75 bits per heavy atom. The summed E-state index contributed by atoms with van der Waals surface area (Å²) >= 11 is 2.06. The summed E-state index contributed by atoms with van der Waals surface area (Å²) in [5, 5.41) is 3.71. The molecule has 0 aromatic heterocycles. The second kappa shape index (κ2) is 5.77. The summed E-state index contributed by atoms with van der Waals surface area (Å²) in [4.78, 5) is 0. The maximum atomic E-state index is 3.71. The van der Waals surface area contributed by atoms with Gasteiger partial charge in [-0.1, -0.05) is 34.6 Å². The van der Waals surface area contributed by atoms with E-state index >= 15 is 0 Å². The molecule has 16 heavy (non-hydrogen) atoms. The Labute approximate surface area is 106 Å². The summed E-state index contributed by atoms with van der Waals surface area (Å²) in [6, 6.07) is 0.786. The number of nitrogens with one attached hydrogen (secondary N) is 1. The molecule has 0 heterocycles. The maximum absolute atomic E-state index is 3.71. The third kappa shape index (κ3) is 6.15. The van der Waals surface area contributed by atoms with Gasteiger partial charge in [-0.2, -0.15) is 11.8 Å². The van der Waals surface area contributed by atoms with Gasteiger partial charge in [-0.25, -0.2) is 0 Å². The van der Waals surface area contributed by atoms with Crippen molar-refractivity contribution in [3.8, 4) is 0 Å². The lowest BCUT2D eigenvalue weighted by Gasteiger charge is -2.34. The van der Waals surface area contributed by atoms with Gasteiger partial charge < -0.3 is 5.32 Å². The fourth-order valence-corrected chi connectivity index (χ4v) is 3.06. The van der Waals surface area contributed by atoms with E-state index in [1.54, 1.807) is 0 Å². The normalized spacial score (nSPS) is 22.3. The van der Waals surface area contributed by atoms with Crippen LogP contribution in [0, 0.1) is 5.41 Å². The molecule has 0 radical (unpaired) electrons. The van der Waals surface area contributed by atoms with Crippen molar-refractivity contribution in [1.82, 2.24) is 5.32 Å². The van der Waals surface area contributed by atoms with Crippen molar-refractivity contribution in [3.05, 3.63) is 0 Å². The predicted octanol–water partition coefficient (Wildman–Crippen LogP) is 4.08. The van der Waals surface area contributed by atoms with Gasteiger partial charge in [0, 0.05) is 23.1 Å². The van der Waals surface area contributed by atoms with Crippen LogP contribution in [0.1, 0.15) is 60.3 Å². The Morgan fingerprint density at radius 3 is 2.25 bits per heavy atom. The van der Waals surface area contributed by atoms with Crippen molar-refractivity contribution < 1.29 is 0 Å². The summed E-state index contributed by atoms with van der Waals surface area (Å²) in [5.41, 5.74) is 0.596. The third-order valence-corrected chi connectivity index (χ3v) is 4.68. The first kappa shape index (κ1) is 14.4. The van der Waals surface area contributed by atoms with Gasteiger partial charge in [0.05, 0.1) is 0 Å². The molecule has 0 bridgehead atoms. The molecule has 2 heteroatoms. The van der Waals surface area contributed by atoms with Crippen molar-refractivity contribution in [3.63, 3.8) is 0 Å². The highest BCUT2D eigenvalue weighted by molar-refractivity contribution is 8.00. The quantitative estimate of drug-likeness (QED) is 0.747. The van der Waals surface area contributed by atoms with Crippen LogP contribution < -0.4 is 5.32 Å². The molecule has 1 saturated carbocycles. The minimum atomic E-state index is 0.413. The van der Waals surface area contributed by atoms with E-state index in [2.05, 4.69) is 51.7 Å². The molecular weight excluding hydrogens is 214 g/mol. The summed E-state index contributed by atoms with van der Waals surface area (Å²) in [6.45, 7) is 12.9. The lowest BCUT2D eigenvalue weighted by atomic mass is 9.75. The minimum Gasteiger partial charge on any atom is -0.313 e. The molecule has 1 aliphatic rings. The summed E-state index contributed by atoms with van der Waals surface area (Å²) in [5.74, 6) is 1.24. The predicted molar refractivity (Wildman–Crippen MR) is 76.3 cm³/mol. The smallest absolute Gasteiger partial charge is 0.00755 e. The molecule has 0 atom stereocenters. The van der Waals surface area contributed by atoms with Crippen molar-refractivity contribution in [1.29, 1.82) is 0 Å². The zero-order valence-electron chi connectivity index (χ0n) is 11.7. The molecule has 0 amide bonds. The van der Waals surface area contributed by atoms with Crippen LogP contribution in [0.5, 0.6) is 0 Å². The van der Waals surface area contributed by atoms with E-state index in [0.29, 0.717) is 10.2 Å². The Bertz CT molecular complexity index is 195. The first-order valence-electron chi connectivity index (χ1n) is 6.66. The van der Waals surface area contributed by atoms with Gasteiger partial charge in [-0.15, -0.1) is 0 Å². The fraction of sp³-hybridized carbons (Fsp3) is 1.00. The SMILES string of the molecule is CC1(C)CCC(NCCSC(C)(C)C)CC1. The fourth-order valence-electron chi connectivity index (χ4n) is 2.22. The molecule has 0 aliphatic heterocycles. The van der Waals surface area contributed by atoms with Gasteiger partial charge >= 0.3 is 0 Å². The molecule has 0 saturated heterocycles. The van der Waals surface area contributed by atoms with Crippen LogP contribution >= 0.6 is 11.8 Å². The molecule has 0 unspecified atom stereocenters. The molecule has 0 aromatic carbocycles. The topological polar surface area (TPSA) is 12.0 Å². The molecular formula is C14H29NS. The van der Waals surface area contributed by atoms with E-state index in [4.69, 9.17) is 0 Å². The van der Waals surface area contributed by atoms with E-state index in [1.165, 1.54) is 38.0 Å². The first-order chi connectivity index (χ1) is 7.29. The highest BCUT2D eigenvalue weighted by Gasteiger charge is 2.26. The summed E-state index contributed by atoms with van der Waals surface area (Å²) in [6.07, 6.45) is 5.51. The van der Waals surface area contributed by atoms with Crippen molar-refractivity contribution in [2.24, 2.45) is 5.41 Å². The monoisotopic (exact) mass is 243 g/mol. The van der Waals surface area contributed by atoms with E-state index in [9.17, 15) is 0 Å². The number of hydrogen-bond acceptors (Lipinski definition) is 2. The molecule has 1 N–H and O–H groups in total. The van der Waals surface area contributed by atoms with Gasteiger partial charge in [0.1, 0.15) is 0 Å². The molecule has 1 aliphatic carbocycles. The molecule has 96 valence electrons. The minimum absolute atomic E-state index is 0.413. The number of hydrogen-bond donors (Lipinski definition) is 1. The van der Waals surface area contributed by atoms with Gasteiger partial charge in [-0.05, 0) is 31.1 Å². The largest absolute Gasteiger partial charge is 0.313 e. The van der Waals surface area contributed by atoms with Gasteiger partial charge in [0.2, 0.25) is 0 Å². The highest BCUT2D eigenvalue weighted by atomic mass is 32.2. The lowest BCUT2D eigenvalue weighted by Crippen LogP contribution is -2.36. The van der Waals surface area contributed by atoms with Crippen LogP contribution in [0.15, 0.2) is 0 Å². The van der Waals surface area contributed by atoms with Crippen LogP contribution in [-0.2, 0) is 0 Å². The van der Waals surface area contributed by atoms with E-state index < -0.39 is 0 Å². The molecule has 0 aromatic rings. The van der Waals surface area contributed by atoms with Crippen LogP contribution in [0.2, 0.25) is 0 Å². The Morgan fingerprint density at radius 1 is 1.19 bits per heavy atom. The average Bonchev–Trinajstić information content (AvgIpc) is 2.13. The first-order valence-corrected chi connectivity index (χ1v) is 7.64. The number of rotatable bonds is 4. The van der Waals surface area contributed by atoms with E-state index in [1.807, 2.05) is 0 Å². The maximum Gasteiger partial charge on any atom is 0.00755 e. The lowest BCUT2D eigenvalue weighted by molar-refractivity contribution is 0.208. The highest BCUT2D eigenvalue weighted by Crippen LogP contribution is 2.35. The van der Waals surface area contributed by atoms with Crippen LogP contribution in [-0.4, -0.2) is 23.1 Å². The molecule has 1 fully saturated rings. The van der Waals surface area contributed by atoms with E-state index in [-0.39, 0.29) is 0 Å².